The Balaban J connectivity index is 1.08. The number of H-pyrrole nitrogens is 4. The van der Waals surface area contributed by atoms with E-state index in [2.05, 4.69) is 83.1 Å². The third-order valence-electron chi connectivity index (χ3n) is 20.8. The molecule has 6 heterocycles. The topological polar surface area (TPSA) is 557 Å². The lowest BCUT2D eigenvalue weighted by atomic mass is 9.82. The van der Waals surface area contributed by atoms with Crippen LogP contribution in [0.4, 0.5) is 0 Å². The minimum absolute atomic E-state index is 0.0155. The van der Waals surface area contributed by atoms with E-state index in [4.69, 9.17) is 10.8 Å². The standard InChI is InChI=1S/C81H97N21O16S2/c1-46-27-69(104)54-35-70(105)50(30-52-37-88-59-21-11-9-19-57(52)59)33-71(106)61(23-13-25-86-72(82)41-101(115)116)93-76(110)64(29-49-17-7-4-8-18-49)97-79(113)66(36-56-40-85-45-91-56)95-73(107)47(2)92-80(114)67(43-120-119-42-54)99-78(112)65(32-53-38-89-60-22-12-10-20-58(53)60)98-75(109)62(24-14-26-87-81(83)100-102(117)118)94-77(111)63(28-48-15-5-3-6-16-48)96-74(108)51(34-68(46)103)31-55-39-84-44-90-55/h3-12,15-22,37-40,44-47,50-51,54,61-67,88-89H,13-14,23-36,41-43H2,1-2H3,(H15-,82,83,84,85,86,87,90,91,92,93,94,95,96,97,98,99,100,107,108,109,110,111,112,113,114,117,118)/p+1/t46-,47+,50-,51-,54+,61+,62+,63-,64-,65+,66+,67+/m1/s1. The molecule has 2 aliphatic rings. The molecule has 0 aliphatic carbocycles. The second kappa shape index (κ2) is 44.0. The smallest absolute Gasteiger partial charge is 0.362 e. The minimum Gasteiger partial charge on any atom is -0.369 e. The number of hydrazine groups is 1. The summed E-state index contributed by atoms with van der Waals surface area (Å²) in [5, 5.41) is 64.9. The fourth-order valence-corrected chi connectivity index (χ4v) is 16.8. The predicted molar refractivity (Wildman–Crippen MR) is 443 cm³/mol. The van der Waals surface area contributed by atoms with Crippen molar-refractivity contribution >= 4 is 126 Å². The number of ketones is 4. The normalized spacial score (nSPS) is 23.0. The van der Waals surface area contributed by atoms with Crippen LogP contribution in [-0.4, -0.2) is 207 Å². The predicted octanol–water partition coefficient (Wildman–Crippen LogP) is 3.08. The molecule has 4 aromatic heterocycles. The molecule has 0 spiro atoms. The van der Waals surface area contributed by atoms with Gasteiger partial charge in [0.1, 0.15) is 64.5 Å². The molecule has 18 N–H and O–H groups in total. The molecule has 2 fully saturated rings. The molecule has 0 saturated carbocycles. The van der Waals surface area contributed by atoms with Crippen LogP contribution < -0.4 is 58.6 Å². The zero-order chi connectivity index (χ0) is 85.8. The number of hydrogen-bond donors (Lipinski definition) is 18. The minimum atomic E-state index is -1.65. The lowest BCUT2D eigenvalue weighted by Crippen LogP contribution is -2.61. The molecule has 12 atom stereocenters. The number of guanidine groups is 1. The van der Waals surface area contributed by atoms with E-state index in [0.717, 1.165) is 21.6 Å². The maximum Gasteiger partial charge on any atom is 0.362 e. The molecule has 10 rings (SSSR count). The summed E-state index contributed by atoms with van der Waals surface area (Å²) < 4.78 is 0. The number of amidine groups is 1. The largest absolute Gasteiger partial charge is 0.369 e. The van der Waals surface area contributed by atoms with Crippen molar-refractivity contribution in [3.05, 3.63) is 195 Å². The van der Waals surface area contributed by atoms with Gasteiger partial charge in [0.15, 0.2) is 11.6 Å². The average Bonchev–Trinajstić information content (AvgIpc) is 1.64. The Morgan fingerprint density at radius 1 is 0.475 bits per heavy atom. The van der Waals surface area contributed by atoms with Gasteiger partial charge in [-0.25, -0.2) is 15.2 Å². The van der Waals surface area contributed by atoms with E-state index in [1.165, 1.54) is 38.9 Å². The quantitative estimate of drug-likeness (QED) is 0.0109. The van der Waals surface area contributed by atoms with Crippen LogP contribution in [0.1, 0.15) is 98.9 Å². The molecule has 0 unspecified atom stereocenters. The first-order chi connectivity index (χ1) is 57.7. The van der Waals surface area contributed by atoms with Crippen LogP contribution in [0.2, 0.25) is 0 Å². The third-order valence-corrected chi connectivity index (χ3v) is 23.3. The summed E-state index contributed by atoms with van der Waals surface area (Å²) in [6.45, 7) is 1.73. The summed E-state index contributed by atoms with van der Waals surface area (Å²) in [4.78, 5) is 227. The molecule has 120 heavy (non-hydrogen) atoms. The van der Waals surface area contributed by atoms with Gasteiger partial charge in [-0.1, -0.05) is 126 Å². The molecule has 634 valence electrons. The van der Waals surface area contributed by atoms with Gasteiger partial charge >= 0.3 is 5.03 Å². The number of nitrogens with one attached hydrogen (secondary N) is 17. The van der Waals surface area contributed by atoms with Crippen LogP contribution in [0.15, 0.2) is 147 Å². The Labute approximate surface area is 696 Å². The van der Waals surface area contributed by atoms with E-state index >= 15 is 47.9 Å². The highest BCUT2D eigenvalue weighted by molar-refractivity contribution is 8.76. The van der Waals surface area contributed by atoms with Crippen molar-refractivity contribution in [3.8, 4) is 0 Å². The lowest BCUT2D eigenvalue weighted by molar-refractivity contribution is -0.822. The van der Waals surface area contributed by atoms with Crippen molar-refractivity contribution in [1.29, 1.82) is 10.8 Å². The van der Waals surface area contributed by atoms with Crippen molar-refractivity contribution < 1.29 is 72.7 Å². The van der Waals surface area contributed by atoms with Gasteiger partial charge in [0.25, 0.3) is 12.5 Å². The van der Waals surface area contributed by atoms with E-state index in [0.29, 0.717) is 49.8 Å². The van der Waals surface area contributed by atoms with E-state index in [9.17, 15) is 29.8 Å². The third kappa shape index (κ3) is 26.8. The van der Waals surface area contributed by atoms with E-state index in [1.807, 2.05) is 12.1 Å². The van der Waals surface area contributed by atoms with Gasteiger partial charge in [0.2, 0.25) is 47.3 Å². The summed E-state index contributed by atoms with van der Waals surface area (Å²) in [5.74, 6) is -16.5. The van der Waals surface area contributed by atoms with Crippen LogP contribution >= 0.6 is 21.6 Å². The Hall–Kier alpha value is -12.9. The zero-order valence-electron chi connectivity index (χ0n) is 65.9. The van der Waals surface area contributed by atoms with Gasteiger partial charge in [0.05, 0.1) is 36.0 Å². The number of Topliss-reactive ketones (excluding diaryl/α,β-unsaturated/α-hetero) is 4. The van der Waals surface area contributed by atoms with Crippen molar-refractivity contribution in [2.45, 2.75) is 152 Å². The number of hydrogen-bond acceptors (Lipinski definition) is 21. The van der Waals surface area contributed by atoms with Gasteiger partial charge in [0, 0.05) is 152 Å². The Kier molecular flexibility index (Phi) is 32.8. The number of imidazole rings is 2. The molecule has 39 heteroatoms. The van der Waals surface area contributed by atoms with Crippen molar-refractivity contribution in [1.82, 2.24) is 88.5 Å². The van der Waals surface area contributed by atoms with Crippen LogP contribution in [0.5, 0.6) is 0 Å². The number of carbonyl (C=O) groups is 12. The van der Waals surface area contributed by atoms with Crippen molar-refractivity contribution in [3.63, 3.8) is 0 Å². The summed E-state index contributed by atoms with van der Waals surface area (Å²) in [6.07, 6.45) is 5.16. The van der Waals surface area contributed by atoms with E-state index < -0.39 is 196 Å². The van der Waals surface area contributed by atoms with Crippen molar-refractivity contribution in [2.75, 3.05) is 31.1 Å². The highest BCUT2D eigenvalue weighted by atomic mass is 33.1. The van der Waals surface area contributed by atoms with Crippen LogP contribution in [0.3, 0.4) is 0 Å². The molecule has 2 bridgehead atoms. The number of rotatable bonds is 23. The first-order valence-electron chi connectivity index (χ1n) is 39.3. The fourth-order valence-electron chi connectivity index (χ4n) is 14.3. The number of nitrogens with zero attached hydrogens (tertiary/aromatic N) is 4. The van der Waals surface area contributed by atoms with Crippen LogP contribution in [0.25, 0.3) is 21.8 Å². The second-order valence-electron chi connectivity index (χ2n) is 29.8. The second-order valence-corrected chi connectivity index (χ2v) is 32.4. The van der Waals surface area contributed by atoms with Gasteiger partial charge in [-0.3, -0.25) is 78.5 Å². The first-order valence-corrected chi connectivity index (χ1v) is 41.8. The Morgan fingerprint density at radius 2 is 0.958 bits per heavy atom. The Morgan fingerprint density at radius 3 is 1.54 bits per heavy atom. The molecular formula is C81H98N21O16S2+. The van der Waals surface area contributed by atoms with Crippen LogP contribution in [0, 0.1) is 49.5 Å². The highest BCUT2D eigenvalue weighted by Crippen LogP contribution is 2.32. The molecule has 37 nitrogen and oxygen atoms in total. The molecule has 8 amide bonds. The highest BCUT2D eigenvalue weighted by Gasteiger charge is 2.39. The SMILES string of the molecule is C[C@@H]1CC(=O)[C@@H]2CSSC[C@H](NC(=O)[C@H](Cc3c[nH]c4ccccc34)NC(=O)[C@H](CCCNC(=N)N[N+](=O)O)NC(=O)[C@@H](Cc3ccccc3)NC(=O)[C@H](Cc3c[nH]cn3)CC1=O)C(=O)N[C@@H](C)C(=O)N[C@@H](Cc1c[nH]cn1)C(=O)N[C@H](Cc1ccccc1)C(=O)N[C@@H](CCCNC(=N)C[N+](=O)[O-])C(=O)C[C@@H](Cc1c[nH]c3ccccc13)C(=O)C2. The van der Waals surface area contributed by atoms with Gasteiger partial charge < -0.3 is 73.1 Å². The molecule has 0 radical (unpaired) electrons. The summed E-state index contributed by atoms with van der Waals surface area (Å²) in [7, 11) is 1.97. The summed E-state index contributed by atoms with van der Waals surface area (Å²) in [6, 6.07) is 18.9. The van der Waals surface area contributed by atoms with Gasteiger partial charge in [-0.15, -0.1) is 0 Å². The average molecular weight is 1690 g/mol. The van der Waals surface area contributed by atoms with Gasteiger partial charge in [-0.2, -0.15) is 0 Å². The van der Waals surface area contributed by atoms with Crippen molar-refractivity contribution in [2.24, 2.45) is 23.7 Å². The number of nitro groups is 1. The number of carbonyl (C=O) groups excluding carboxylic acids is 12. The maximum absolute atomic E-state index is 15.8. The molecule has 2 aliphatic heterocycles. The number of para-hydroxylation sites is 2. The fraction of sp³-hybridized carbons (Fsp3) is 0.407. The summed E-state index contributed by atoms with van der Waals surface area (Å²) >= 11 is 0. The summed E-state index contributed by atoms with van der Waals surface area (Å²) in [5.41, 5.74) is 5.93. The number of amides is 8. The molecule has 8 aromatic rings. The van der Waals surface area contributed by atoms with Crippen LogP contribution in [-0.2, 0) is 96.1 Å². The number of aromatic amines is 4. The number of fused-ring (bicyclic) bond motifs is 7. The Bertz CT molecular complexity index is 4670. The molecular weight excluding hydrogens is 1590 g/mol. The van der Waals surface area contributed by atoms with E-state index in [1.54, 1.807) is 115 Å². The number of benzene rings is 4. The lowest BCUT2D eigenvalue weighted by Gasteiger charge is -2.28. The van der Waals surface area contributed by atoms with E-state index in [-0.39, 0.29) is 94.5 Å². The zero-order valence-corrected chi connectivity index (χ0v) is 67.5. The number of aromatic nitrogens is 6. The molecule has 2 saturated heterocycles. The first kappa shape index (κ1) is 89.4. The van der Waals surface area contributed by atoms with Gasteiger partial charge in [-0.05, 0) is 78.8 Å². The molecule has 4 aromatic carbocycles. The monoisotopic (exact) mass is 1680 g/mol. The maximum atomic E-state index is 15.8.